The third kappa shape index (κ3) is 3.05. The Morgan fingerprint density at radius 3 is 2.38 bits per heavy atom. The van der Waals surface area contributed by atoms with Crippen molar-refractivity contribution in [2.75, 3.05) is 0 Å². The lowest BCUT2D eigenvalue weighted by Gasteiger charge is -2.20. The van der Waals surface area contributed by atoms with Gasteiger partial charge in [0.05, 0.1) is 13.1 Å². The van der Waals surface area contributed by atoms with Gasteiger partial charge in [0.25, 0.3) is 5.91 Å². The number of carbonyl (C=O) groups excluding carboxylic acids is 1. The quantitative estimate of drug-likeness (QED) is 0.859. The van der Waals surface area contributed by atoms with E-state index in [-0.39, 0.29) is 0 Å². The predicted molar refractivity (Wildman–Crippen MR) is 68.9 cm³/mol. The summed E-state index contributed by atoms with van der Waals surface area (Å²) in [6.07, 6.45) is 0. The molecule has 4 nitrogen and oxygen atoms in total. The number of aliphatic carboxylic acids is 1. The lowest BCUT2D eigenvalue weighted by atomic mass is 10.1. The van der Waals surface area contributed by atoms with Crippen molar-refractivity contribution in [3.63, 3.8) is 0 Å². The highest BCUT2D eigenvalue weighted by Crippen LogP contribution is 2.31. The fraction of sp³-hybridized carbons (Fsp3) is 0.333. The number of halogens is 2. The first-order valence-electron chi connectivity index (χ1n) is 4.25. The van der Waals surface area contributed by atoms with Crippen LogP contribution in [0.4, 0.5) is 0 Å². The maximum absolute atomic E-state index is 11.8. The normalized spacial score (nSPS) is 11.2. The van der Waals surface area contributed by atoms with Crippen LogP contribution in [0.25, 0.3) is 0 Å². The van der Waals surface area contributed by atoms with Crippen LogP contribution in [-0.4, -0.2) is 22.5 Å². The summed E-state index contributed by atoms with van der Waals surface area (Å²) < 4.78 is 1.47. The molecule has 7 heteroatoms. The smallest absolute Gasteiger partial charge is 0.328 e. The first-order valence-corrected chi connectivity index (χ1v) is 6.65. The van der Waals surface area contributed by atoms with E-state index in [0.29, 0.717) is 9.35 Å². The van der Waals surface area contributed by atoms with Crippen molar-refractivity contribution in [2.24, 2.45) is 0 Å². The van der Waals surface area contributed by atoms with E-state index in [4.69, 9.17) is 5.11 Å². The molecule has 1 aromatic heterocycles. The summed E-state index contributed by atoms with van der Waals surface area (Å²) in [5.41, 5.74) is -0.864. The third-order valence-electron chi connectivity index (χ3n) is 1.86. The monoisotopic (exact) mass is 369 g/mol. The van der Waals surface area contributed by atoms with E-state index >= 15 is 0 Å². The van der Waals surface area contributed by atoms with Gasteiger partial charge in [-0.25, -0.2) is 4.79 Å². The van der Waals surface area contributed by atoms with E-state index in [1.807, 2.05) is 0 Å². The van der Waals surface area contributed by atoms with Crippen molar-refractivity contribution in [3.05, 3.63) is 19.2 Å². The first-order chi connectivity index (χ1) is 7.24. The van der Waals surface area contributed by atoms with Gasteiger partial charge in [0.2, 0.25) is 0 Å². The summed E-state index contributed by atoms with van der Waals surface area (Å²) >= 11 is 7.85. The van der Waals surface area contributed by atoms with Gasteiger partial charge in [-0.05, 0) is 51.8 Å². The van der Waals surface area contributed by atoms with Crippen molar-refractivity contribution in [1.29, 1.82) is 0 Å². The van der Waals surface area contributed by atoms with Crippen molar-refractivity contribution in [3.8, 4) is 0 Å². The Bertz CT molecular complexity index is 442. The van der Waals surface area contributed by atoms with Crippen LogP contribution in [0.2, 0.25) is 0 Å². The minimum absolute atomic E-state index is 0.416. The summed E-state index contributed by atoms with van der Waals surface area (Å²) in [7, 11) is 0. The van der Waals surface area contributed by atoms with E-state index in [9.17, 15) is 9.59 Å². The molecular formula is C9H9Br2NO3S. The van der Waals surface area contributed by atoms with E-state index in [1.165, 1.54) is 25.2 Å². The molecule has 0 aliphatic carbocycles. The Morgan fingerprint density at radius 2 is 2.00 bits per heavy atom. The lowest BCUT2D eigenvalue weighted by Crippen LogP contribution is -2.49. The van der Waals surface area contributed by atoms with E-state index < -0.39 is 17.4 Å². The number of carboxylic acid groups (broad SMARTS) is 1. The van der Waals surface area contributed by atoms with E-state index in [1.54, 1.807) is 6.07 Å². The zero-order valence-electron chi connectivity index (χ0n) is 8.51. The molecular weight excluding hydrogens is 362 g/mol. The molecule has 1 rings (SSSR count). The number of nitrogens with one attached hydrogen (secondary N) is 1. The number of carboxylic acids is 1. The minimum Gasteiger partial charge on any atom is -0.480 e. The Labute approximate surface area is 113 Å². The van der Waals surface area contributed by atoms with E-state index in [0.717, 1.165) is 3.79 Å². The summed E-state index contributed by atoms with van der Waals surface area (Å²) in [5, 5.41) is 11.3. The van der Waals surface area contributed by atoms with Crippen LogP contribution in [0.1, 0.15) is 24.2 Å². The number of hydrogen-bond donors (Lipinski definition) is 2. The van der Waals surface area contributed by atoms with Gasteiger partial charge in [-0.3, -0.25) is 4.79 Å². The molecule has 88 valence electrons. The number of thiophene rings is 1. The van der Waals surface area contributed by atoms with Crippen LogP contribution in [0, 0.1) is 0 Å². The average Bonchev–Trinajstić information content (AvgIpc) is 2.44. The fourth-order valence-electron chi connectivity index (χ4n) is 0.900. The zero-order chi connectivity index (χ0) is 12.5. The van der Waals surface area contributed by atoms with Gasteiger partial charge in [0.15, 0.2) is 0 Å². The standard InChI is InChI=1S/C9H9Br2NO3S/c1-9(2,8(14)15)12-7(13)4-3-5(10)16-6(4)11/h3H,1-2H3,(H,12,13)(H,14,15). The summed E-state index contributed by atoms with van der Waals surface area (Å²) in [6, 6.07) is 1.64. The molecule has 0 spiro atoms. The number of rotatable bonds is 3. The van der Waals surface area contributed by atoms with Crippen LogP contribution in [0.3, 0.4) is 0 Å². The Kier molecular flexibility index (Phi) is 4.14. The average molecular weight is 371 g/mol. The first kappa shape index (κ1) is 13.7. The second-order valence-corrected chi connectivity index (χ2v) is 7.37. The van der Waals surface area contributed by atoms with Gasteiger partial charge >= 0.3 is 5.97 Å². The van der Waals surface area contributed by atoms with Crippen LogP contribution >= 0.6 is 43.2 Å². The largest absolute Gasteiger partial charge is 0.480 e. The second-order valence-electron chi connectivity index (χ2n) is 3.62. The second kappa shape index (κ2) is 4.85. The molecule has 0 radical (unpaired) electrons. The Morgan fingerprint density at radius 1 is 1.44 bits per heavy atom. The van der Waals surface area contributed by atoms with Gasteiger partial charge < -0.3 is 10.4 Å². The van der Waals surface area contributed by atoms with Gasteiger partial charge in [-0.15, -0.1) is 11.3 Å². The van der Waals surface area contributed by atoms with Gasteiger partial charge in [-0.2, -0.15) is 0 Å². The Balaban J connectivity index is 2.89. The SMILES string of the molecule is CC(C)(NC(=O)c1cc(Br)sc1Br)C(=O)O. The molecule has 0 atom stereocenters. The molecule has 2 N–H and O–H groups in total. The highest BCUT2D eigenvalue weighted by atomic mass is 79.9. The van der Waals surface area contributed by atoms with Crippen LogP contribution < -0.4 is 5.32 Å². The number of amides is 1. The molecule has 0 unspecified atom stereocenters. The molecule has 1 aromatic rings. The Hall–Kier alpha value is -0.400. The molecule has 0 fully saturated rings. The highest BCUT2D eigenvalue weighted by molar-refractivity contribution is 9.12. The van der Waals surface area contributed by atoms with Crippen LogP contribution in [-0.2, 0) is 4.79 Å². The van der Waals surface area contributed by atoms with Crippen LogP contribution in [0.15, 0.2) is 13.6 Å². The highest BCUT2D eigenvalue weighted by Gasteiger charge is 2.30. The van der Waals surface area contributed by atoms with Crippen molar-refractivity contribution >= 4 is 55.1 Å². The molecule has 0 aromatic carbocycles. The summed E-state index contributed by atoms with van der Waals surface area (Å²) in [6.45, 7) is 2.87. The lowest BCUT2D eigenvalue weighted by molar-refractivity contribution is -0.143. The number of carbonyl (C=O) groups is 2. The predicted octanol–water partition coefficient (Wildman–Crippen LogP) is 2.87. The fourth-order valence-corrected chi connectivity index (χ4v) is 3.69. The molecule has 0 aliphatic rings. The maximum Gasteiger partial charge on any atom is 0.328 e. The molecule has 0 bridgehead atoms. The zero-order valence-corrected chi connectivity index (χ0v) is 12.5. The molecule has 0 saturated carbocycles. The third-order valence-corrected chi connectivity index (χ3v) is 4.20. The van der Waals surface area contributed by atoms with Gasteiger partial charge in [0.1, 0.15) is 5.54 Å². The van der Waals surface area contributed by atoms with Gasteiger partial charge in [-0.1, -0.05) is 0 Å². The van der Waals surface area contributed by atoms with E-state index in [2.05, 4.69) is 37.2 Å². The molecule has 0 saturated heterocycles. The molecule has 1 heterocycles. The molecule has 1 amide bonds. The minimum atomic E-state index is -1.29. The summed E-state index contributed by atoms with van der Waals surface area (Å²) in [4.78, 5) is 22.6. The van der Waals surface area contributed by atoms with Crippen molar-refractivity contribution < 1.29 is 14.7 Å². The van der Waals surface area contributed by atoms with Crippen molar-refractivity contribution in [2.45, 2.75) is 19.4 Å². The van der Waals surface area contributed by atoms with Gasteiger partial charge in [0, 0.05) is 0 Å². The maximum atomic E-state index is 11.8. The molecule has 0 aliphatic heterocycles. The topological polar surface area (TPSA) is 66.4 Å². The summed E-state index contributed by atoms with van der Waals surface area (Å²) in [5.74, 6) is -1.49. The number of hydrogen-bond acceptors (Lipinski definition) is 3. The van der Waals surface area contributed by atoms with Crippen LogP contribution in [0.5, 0.6) is 0 Å². The van der Waals surface area contributed by atoms with Crippen molar-refractivity contribution in [1.82, 2.24) is 5.32 Å². The molecule has 16 heavy (non-hydrogen) atoms.